The van der Waals surface area contributed by atoms with E-state index in [1.165, 1.54) is 16.3 Å². The van der Waals surface area contributed by atoms with E-state index < -0.39 is 0 Å². The average Bonchev–Trinajstić information content (AvgIpc) is 2.68. The van der Waals surface area contributed by atoms with E-state index in [4.69, 9.17) is 0 Å². The quantitative estimate of drug-likeness (QED) is 0.443. The zero-order valence-corrected chi connectivity index (χ0v) is 8.38. The Morgan fingerprint density at radius 2 is 1.62 bits per heavy atom. The van der Waals surface area contributed by atoms with Crippen LogP contribution in [-0.2, 0) is 0 Å². The van der Waals surface area contributed by atoms with E-state index >= 15 is 0 Å². The van der Waals surface area contributed by atoms with Crippen molar-refractivity contribution in [2.45, 2.75) is 0 Å². The molecular weight excluding hydrogens is 198 g/mol. The molecule has 0 spiro atoms. The Balaban J connectivity index is 2.31. The predicted octanol–water partition coefficient (Wildman–Crippen LogP) is 2.67. The molecule has 0 N–H and O–H groups in total. The van der Waals surface area contributed by atoms with Crippen molar-refractivity contribution >= 4 is 10.8 Å². The highest BCUT2D eigenvalue weighted by molar-refractivity contribution is 6.13. The van der Waals surface area contributed by atoms with Gasteiger partial charge < -0.3 is 0 Å². The fraction of sp³-hybridized carbons (Fsp3) is 0. The Hall–Kier alpha value is -2.29. The van der Waals surface area contributed by atoms with Crippen LogP contribution >= 0.6 is 0 Å². The lowest BCUT2D eigenvalue weighted by molar-refractivity contribution is 0.875. The van der Waals surface area contributed by atoms with Gasteiger partial charge in [0.25, 0.3) is 0 Å². The first-order valence-electron chi connectivity index (χ1n) is 5.16. The number of benzene rings is 2. The van der Waals surface area contributed by atoms with Crippen LogP contribution in [0.15, 0.2) is 42.6 Å². The van der Waals surface area contributed by atoms with Crippen molar-refractivity contribution in [2.24, 2.45) is 0 Å². The van der Waals surface area contributed by atoms with Crippen molar-refractivity contribution < 1.29 is 0 Å². The lowest BCUT2D eigenvalue weighted by Gasteiger charge is -1.99. The van der Waals surface area contributed by atoms with Gasteiger partial charge in [-0.1, -0.05) is 36.4 Å². The van der Waals surface area contributed by atoms with E-state index in [1.54, 1.807) is 6.20 Å². The fourth-order valence-corrected chi connectivity index (χ4v) is 2.43. The monoisotopic (exact) mass is 205 g/mol. The van der Waals surface area contributed by atoms with Crippen LogP contribution in [-0.4, -0.2) is 15.4 Å². The summed E-state index contributed by atoms with van der Waals surface area (Å²) in [6.45, 7) is 0. The molecule has 0 unspecified atom stereocenters. The maximum Gasteiger partial charge on any atom is 0.105 e. The molecule has 0 bridgehead atoms. The van der Waals surface area contributed by atoms with Crippen LogP contribution in [0, 0.1) is 0 Å². The van der Waals surface area contributed by atoms with E-state index in [0.29, 0.717) is 0 Å². The Bertz CT molecular complexity index is 661. The lowest BCUT2D eigenvalue weighted by Crippen LogP contribution is -1.89. The highest BCUT2D eigenvalue weighted by Gasteiger charge is 2.22. The molecule has 0 aliphatic heterocycles. The molecule has 0 saturated heterocycles. The van der Waals surface area contributed by atoms with E-state index in [0.717, 1.165) is 16.8 Å². The second-order valence-corrected chi connectivity index (χ2v) is 3.91. The first-order chi connectivity index (χ1) is 7.95. The zero-order valence-electron chi connectivity index (χ0n) is 8.38. The van der Waals surface area contributed by atoms with Crippen LogP contribution in [0.25, 0.3) is 33.2 Å². The topological polar surface area (TPSA) is 38.7 Å². The molecule has 3 nitrogen and oxygen atoms in total. The van der Waals surface area contributed by atoms with Crippen LogP contribution in [0.5, 0.6) is 0 Å². The molecule has 0 atom stereocenters. The Labute approximate surface area is 91.8 Å². The van der Waals surface area contributed by atoms with Gasteiger partial charge in [-0.15, -0.1) is 10.2 Å². The molecule has 4 rings (SSSR count). The summed E-state index contributed by atoms with van der Waals surface area (Å²) in [7, 11) is 0. The molecule has 0 radical (unpaired) electrons. The van der Waals surface area contributed by atoms with Gasteiger partial charge in [0, 0.05) is 11.1 Å². The second kappa shape index (κ2) is 2.64. The molecule has 3 aromatic rings. The Morgan fingerprint density at radius 1 is 0.812 bits per heavy atom. The second-order valence-electron chi connectivity index (χ2n) is 3.91. The third-order valence-electron chi connectivity index (χ3n) is 3.09. The molecule has 0 saturated carbocycles. The minimum absolute atomic E-state index is 0.946. The maximum atomic E-state index is 4.14. The van der Waals surface area contributed by atoms with Crippen molar-refractivity contribution in [3.8, 4) is 22.4 Å². The summed E-state index contributed by atoms with van der Waals surface area (Å²) in [5, 5.41) is 14.2. The molecule has 1 aromatic heterocycles. The minimum Gasteiger partial charge on any atom is -0.138 e. The van der Waals surface area contributed by atoms with Crippen LogP contribution in [0.2, 0.25) is 0 Å². The van der Waals surface area contributed by atoms with Gasteiger partial charge in [0.05, 0.1) is 6.20 Å². The van der Waals surface area contributed by atoms with Crippen molar-refractivity contribution in [3.05, 3.63) is 42.6 Å². The smallest absolute Gasteiger partial charge is 0.105 e. The summed E-state index contributed by atoms with van der Waals surface area (Å²) in [6.07, 6.45) is 1.79. The minimum atomic E-state index is 0.946. The van der Waals surface area contributed by atoms with Crippen LogP contribution in [0.4, 0.5) is 0 Å². The highest BCUT2D eigenvalue weighted by Crippen LogP contribution is 2.44. The number of fused-ring (bicyclic) bond motifs is 3. The lowest BCUT2D eigenvalue weighted by atomic mass is 10.0. The Kier molecular flexibility index (Phi) is 1.31. The molecule has 2 aromatic carbocycles. The van der Waals surface area contributed by atoms with Gasteiger partial charge >= 0.3 is 0 Å². The predicted molar refractivity (Wildman–Crippen MR) is 61.8 cm³/mol. The highest BCUT2D eigenvalue weighted by atomic mass is 15.3. The van der Waals surface area contributed by atoms with Gasteiger partial charge in [-0.05, 0) is 21.5 Å². The summed E-state index contributed by atoms with van der Waals surface area (Å²) >= 11 is 0. The average molecular weight is 205 g/mol. The fourth-order valence-electron chi connectivity index (χ4n) is 2.43. The van der Waals surface area contributed by atoms with Crippen LogP contribution < -0.4 is 0 Å². The summed E-state index contributed by atoms with van der Waals surface area (Å²) in [5.74, 6) is 0. The summed E-state index contributed by atoms with van der Waals surface area (Å²) in [5.41, 5.74) is 4.41. The molecule has 0 fully saturated rings. The van der Waals surface area contributed by atoms with E-state index in [-0.39, 0.29) is 0 Å². The molecule has 1 aliphatic carbocycles. The summed E-state index contributed by atoms with van der Waals surface area (Å²) in [6, 6.07) is 12.6. The standard InChI is InChI=1S/C13H7N3/c1-3-8-4-2-6-10-12(8)9(5-1)11-7-14-16-15-13(10)11/h1-7H. The number of hydrogen-bond donors (Lipinski definition) is 0. The number of hydrogen-bond acceptors (Lipinski definition) is 3. The maximum absolute atomic E-state index is 4.14. The molecule has 1 heterocycles. The third kappa shape index (κ3) is 0.810. The largest absolute Gasteiger partial charge is 0.138 e. The summed E-state index contributed by atoms with van der Waals surface area (Å²) in [4.78, 5) is 0. The third-order valence-corrected chi connectivity index (χ3v) is 3.09. The SMILES string of the molecule is c1cc2c3c(cccc3c1)-c1nnncc1-2. The molecule has 74 valence electrons. The van der Waals surface area contributed by atoms with Crippen LogP contribution in [0.3, 0.4) is 0 Å². The molecule has 3 heteroatoms. The van der Waals surface area contributed by atoms with Crippen molar-refractivity contribution in [1.29, 1.82) is 0 Å². The van der Waals surface area contributed by atoms with Gasteiger partial charge in [0.1, 0.15) is 5.69 Å². The normalized spacial score (nSPS) is 11.8. The van der Waals surface area contributed by atoms with E-state index in [2.05, 4.69) is 51.8 Å². The number of nitrogens with zero attached hydrogens (tertiary/aromatic N) is 3. The number of rotatable bonds is 0. The molecule has 0 amide bonds. The molecule has 16 heavy (non-hydrogen) atoms. The number of aromatic nitrogens is 3. The van der Waals surface area contributed by atoms with Gasteiger partial charge in [-0.3, -0.25) is 0 Å². The summed E-state index contributed by atoms with van der Waals surface area (Å²) < 4.78 is 0. The molecular formula is C13H7N3. The van der Waals surface area contributed by atoms with Crippen molar-refractivity contribution in [1.82, 2.24) is 15.4 Å². The first kappa shape index (κ1) is 7.93. The van der Waals surface area contributed by atoms with Gasteiger partial charge in [-0.2, -0.15) is 0 Å². The van der Waals surface area contributed by atoms with Gasteiger partial charge in [0.2, 0.25) is 0 Å². The van der Waals surface area contributed by atoms with E-state index in [9.17, 15) is 0 Å². The van der Waals surface area contributed by atoms with E-state index in [1.807, 2.05) is 0 Å². The first-order valence-corrected chi connectivity index (χ1v) is 5.16. The van der Waals surface area contributed by atoms with Crippen LogP contribution in [0.1, 0.15) is 0 Å². The molecule has 1 aliphatic rings. The Morgan fingerprint density at radius 3 is 2.50 bits per heavy atom. The van der Waals surface area contributed by atoms with Crippen molar-refractivity contribution in [2.75, 3.05) is 0 Å². The zero-order chi connectivity index (χ0) is 10.5. The van der Waals surface area contributed by atoms with Gasteiger partial charge in [0.15, 0.2) is 0 Å². The van der Waals surface area contributed by atoms with Crippen molar-refractivity contribution in [3.63, 3.8) is 0 Å². The van der Waals surface area contributed by atoms with Gasteiger partial charge in [-0.25, -0.2) is 0 Å².